The van der Waals surface area contributed by atoms with Gasteiger partial charge in [0.05, 0.1) is 17.6 Å². The third-order valence-corrected chi connectivity index (χ3v) is 5.33. The third kappa shape index (κ3) is 5.05. The van der Waals surface area contributed by atoms with Crippen molar-refractivity contribution in [2.24, 2.45) is 0 Å². The molecule has 6 heteroatoms. The van der Waals surface area contributed by atoms with Crippen LogP contribution in [0.5, 0.6) is 0 Å². The zero-order chi connectivity index (χ0) is 16.0. The summed E-state index contributed by atoms with van der Waals surface area (Å²) < 4.78 is 38.1. The molecule has 5 nitrogen and oxygen atoms in total. The molecule has 1 heterocycles. The number of hydrogen-bond donors (Lipinski definition) is 1. The van der Waals surface area contributed by atoms with Crippen LogP contribution < -0.4 is 4.72 Å². The molecule has 1 aliphatic rings. The molecule has 1 unspecified atom stereocenters. The lowest BCUT2D eigenvalue weighted by Crippen LogP contribution is -2.26. The predicted molar refractivity (Wildman–Crippen MR) is 85.5 cm³/mol. The number of rotatable bonds is 8. The van der Waals surface area contributed by atoms with Crippen LogP contribution in [0.1, 0.15) is 30.4 Å². The summed E-state index contributed by atoms with van der Waals surface area (Å²) in [5.41, 5.74) is 1.82. The summed E-state index contributed by atoms with van der Waals surface area (Å²) >= 11 is 0. The second-order valence-corrected chi connectivity index (χ2v) is 7.47. The second-order valence-electron chi connectivity index (χ2n) is 5.73. The van der Waals surface area contributed by atoms with Crippen LogP contribution in [-0.4, -0.2) is 40.9 Å². The maximum Gasteiger partial charge on any atom is 0.240 e. The Balaban J connectivity index is 1.71. The van der Waals surface area contributed by atoms with Crippen molar-refractivity contribution in [2.45, 2.75) is 44.1 Å². The average Bonchev–Trinajstić information content (AvgIpc) is 2.95. The molecule has 0 bridgehead atoms. The van der Waals surface area contributed by atoms with Gasteiger partial charge in [-0.3, -0.25) is 0 Å². The predicted octanol–water partition coefficient (Wildman–Crippen LogP) is 2.17. The van der Waals surface area contributed by atoms with Gasteiger partial charge in [-0.25, -0.2) is 13.1 Å². The number of nitrogens with one attached hydrogen (secondary N) is 1. The summed E-state index contributed by atoms with van der Waals surface area (Å²) in [7, 11) is -3.44. The molecular formula is C16H25NO4S. The highest BCUT2D eigenvalue weighted by Gasteiger charge is 2.17. The van der Waals surface area contributed by atoms with Crippen molar-refractivity contribution in [3.63, 3.8) is 0 Å². The molecule has 0 saturated carbocycles. The topological polar surface area (TPSA) is 64.6 Å². The van der Waals surface area contributed by atoms with E-state index < -0.39 is 10.0 Å². The summed E-state index contributed by atoms with van der Waals surface area (Å²) in [6.07, 6.45) is 3.02. The highest BCUT2D eigenvalue weighted by molar-refractivity contribution is 7.89. The molecule has 1 atom stereocenters. The molecule has 0 amide bonds. The molecule has 124 valence electrons. The van der Waals surface area contributed by atoms with Crippen molar-refractivity contribution < 1.29 is 17.9 Å². The minimum absolute atomic E-state index is 0.215. The van der Waals surface area contributed by atoms with Crippen LogP contribution >= 0.6 is 0 Å². The van der Waals surface area contributed by atoms with Crippen molar-refractivity contribution in [2.75, 3.05) is 26.4 Å². The van der Waals surface area contributed by atoms with E-state index in [1.54, 1.807) is 6.07 Å². The van der Waals surface area contributed by atoms with Crippen molar-refractivity contribution >= 4 is 10.0 Å². The van der Waals surface area contributed by atoms with Gasteiger partial charge in [-0.15, -0.1) is 0 Å². The van der Waals surface area contributed by atoms with Gasteiger partial charge in [0.2, 0.25) is 10.0 Å². The largest absolute Gasteiger partial charge is 0.379 e. The molecule has 1 aromatic carbocycles. The fraction of sp³-hybridized carbons (Fsp3) is 0.625. The zero-order valence-electron chi connectivity index (χ0n) is 13.3. The number of aryl methyl sites for hydroxylation is 2. The Kier molecular flexibility index (Phi) is 6.37. The molecule has 1 aromatic rings. The van der Waals surface area contributed by atoms with Gasteiger partial charge < -0.3 is 9.47 Å². The Bertz CT molecular complexity index is 580. The maximum atomic E-state index is 12.2. The Labute approximate surface area is 133 Å². The fourth-order valence-corrected chi connectivity index (χ4v) is 3.85. The van der Waals surface area contributed by atoms with Crippen LogP contribution in [0.2, 0.25) is 0 Å². The maximum absolute atomic E-state index is 12.2. The molecule has 1 N–H and O–H groups in total. The molecule has 2 rings (SSSR count). The molecule has 0 radical (unpaired) electrons. The van der Waals surface area contributed by atoms with Gasteiger partial charge in [-0.2, -0.15) is 0 Å². The van der Waals surface area contributed by atoms with Gasteiger partial charge in [0.15, 0.2) is 0 Å². The van der Waals surface area contributed by atoms with Crippen LogP contribution in [0.3, 0.4) is 0 Å². The van der Waals surface area contributed by atoms with E-state index in [1.165, 1.54) is 0 Å². The molecule has 22 heavy (non-hydrogen) atoms. The second kappa shape index (κ2) is 8.06. The number of ether oxygens (including phenoxy) is 2. The van der Waals surface area contributed by atoms with Crippen LogP contribution in [-0.2, 0) is 19.5 Å². The minimum atomic E-state index is -3.44. The Morgan fingerprint density at radius 1 is 1.36 bits per heavy atom. The summed E-state index contributed by atoms with van der Waals surface area (Å²) in [5.74, 6) is 0. The Hall–Kier alpha value is -0.950. The number of hydrogen-bond acceptors (Lipinski definition) is 4. The highest BCUT2D eigenvalue weighted by atomic mass is 32.2. The minimum Gasteiger partial charge on any atom is -0.379 e. The van der Waals surface area contributed by atoms with E-state index in [4.69, 9.17) is 9.47 Å². The van der Waals surface area contributed by atoms with Crippen LogP contribution in [0.15, 0.2) is 23.1 Å². The van der Waals surface area contributed by atoms with Gasteiger partial charge >= 0.3 is 0 Å². The SMILES string of the molecule is Cc1ccc(S(=O)(=O)NCCCOCC2CCCO2)c(C)c1. The van der Waals surface area contributed by atoms with E-state index in [0.717, 1.165) is 30.6 Å². The van der Waals surface area contributed by atoms with Gasteiger partial charge in [0.1, 0.15) is 0 Å². The first-order valence-corrected chi connectivity index (χ1v) is 9.23. The van der Waals surface area contributed by atoms with Gasteiger partial charge in [0.25, 0.3) is 0 Å². The van der Waals surface area contributed by atoms with Gasteiger partial charge in [-0.05, 0) is 44.7 Å². The van der Waals surface area contributed by atoms with E-state index in [9.17, 15) is 8.42 Å². The van der Waals surface area contributed by atoms with E-state index in [-0.39, 0.29) is 6.10 Å². The van der Waals surface area contributed by atoms with E-state index in [2.05, 4.69) is 4.72 Å². The zero-order valence-corrected chi connectivity index (χ0v) is 14.1. The smallest absolute Gasteiger partial charge is 0.240 e. The first-order valence-electron chi connectivity index (χ1n) is 7.75. The van der Waals surface area contributed by atoms with Crippen molar-refractivity contribution in [3.05, 3.63) is 29.3 Å². The standard InChI is InChI=1S/C16H25NO4S/c1-13-6-7-16(14(2)11-13)22(18,19)17-8-4-9-20-12-15-5-3-10-21-15/h6-7,11,15,17H,3-5,8-10,12H2,1-2H3. The normalized spacial score (nSPS) is 18.7. The van der Waals surface area contributed by atoms with Crippen molar-refractivity contribution in [1.29, 1.82) is 0 Å². The third-order valence-electron chi connectivity index (χ3n) is 3.71. The summed E-state index contributed by atoms with van der Waals surface area (Å²) in [6.45, 7) is 6.10. The first kappa shape index (κ1) is 17.4. The van der Waals surface area contributed by atoms with E-state index >= 15 is 0 Å². The lowest BCUT2D eigenvalue weighted by atomic mass is 10.2. The summed E-state index contributed by atoms with van der Waals surface area (Å²) in [5, 5.41) is 0. The monoisotopic (exact) mass is 327 g/mol. The van der Waals surface area contributed by atoms with Crippen LogP contribution in [0, 0.1) is 13.8 Å². The van der Waals surface area contributed by atoms with E-state index in [0.29, 0.717) is 31.1 Å². The molecule has 1 saturated heterocycles. The molecule has 0 aromatic heterocycles. The number of benzene rings is 1. The highest BCUT2D eigenvalue weighted by Crippen LogP contribution is 2.16. The molecule has 0 aliphatic carbocycles. The van der Waals surface area contributed by atoms with Crippen LogP contribution in [0.25, 0.3) is 0 Å². The molecular weight excluding hydrogens is 302 g/mol. The fourth-order valence-electron chi connectivity index (χ4n) is 2.55. The van der Waals surface area contributed by atoms with Gasteiger partial charge in [0, 0.05) is 19.8 Å². The Morgan fingerprint density at radius 3 is 2.86 bits per heavy atom. The summed E-state index contributed by atoms with van der Waals surface area (Å²) in [4.78, 5) is 0.346. The first-order chi connectivity index (χ1) is 10.5. The average molecular weight is 327 g/mol. The molecule has 0 spiro atoms. The number of sulfonamides is 1. The van der Waals surface area contributed by atoms with Gasteiger partial charge in [-0.1, -0.05) is 17.7 Å². The quantitative estimate of drug-likeness (QED) is 0.743. The molecule has 1 fully saturated rings. The van der Waals surface area contributed by atoms with Crippen LogP contribution in [0.4, 0.5) is 0 Å². The van der Waals surface area contributed by atoms with Crippen molar-refractivity contribution in [3.8, 4) is 0 Å². The van der Waals surface area contributed by atoms with E-state index in [1.807, 2.05) is 26.0 Å². The summed E-state index contributed by atoms with van der Waals surface area (Å²) in [6, 6.07) is 5.34. The molecule has 1 aliphatic heterocycles. The van der Waals surface area contributed by atoms with Crippen molar-refractivity contribution in [1.82, 2.24) is 4.72 Å². The lowest BCUT2D eigenvalue weighted by molar-refractivity contribution is 0.0169. The lowest BCUT2D eigenvalue weighted by Gasteiger charge is -2.11. The Morgan fingerprint density at radius 2 is 2.18 bits per heavy atom.